The summed E-state index contributed by atoms with van der Waals surface area (Å²) in [4.78, 5) is 42.6. The van der Waals surface area contributed by atoms with Gasteiger partial charge in [0.25, 0.3) is 11.8 Å². The van der Waals surface area contributed by atoms with E-state index >= 15 is 0 Å². The summed E-state index contributed by atoms with van der Waals surface area (Å²) in [6.07, 6.45) is -0.719. The lowest BCUT2D eigenvalue weighted by molar-refractivity contribution is -0.154. The maximum absolute atomic E-state index is 14.1. The fourth-order valence-corrected chi connectivity index (χ4v) is 7.90. The predicted molar refractivity (Wildman–Crippen MR) is 165 cm³/mol. The molecule has 2 aromatic heterocycles. The maximum atomic E-state index is 14.1. The molecule has 224 valence electrons. The zero-order valence-corrected chi connectivity index (χ0v) is 25.6. The van der Waals surface area contributed by atoms with Crippen LogP contribution in [0, 0.1) is 0 Å². The minimum atomic E-state index is -0.928. The number of β-lactam (4-membered cyclic amide) rings is 1. The molecule has 0 aliphatic carbocycles. The lowest BCUT2D eigenvalue weighted by Crippen LogP contribution is -2.71. The highest BCUT2D eigenvalue weighted by atomic mass is 32.2. The number of aromatic nitrogens is 4. The van der Waals surface area contributed by atoms with Crippen LogP contribution in [0.1, 0.15) is 22.1 Å². The van der Waals surface area contributed by atoms with Gasteiger partial charge in [0.1, 0.15) is 17.1 Å². The number of ether oxygens (including phenoxy) is 1. The van der Waals surface area contributed by atoms with E-state index in [4.69, 9.17) is 4.74 Å². The van der Waals surface area contributed by atoms with Gasteiger partial charge in [-0.15, -0.1) is 28.2 Å². The normalized spacial score (nSPS) is 18.2. The maximum Gasteiger partial charge on any atom is 0.356 e. The smallest absolute Gasteiger partial charge is 0.356 e. The molecule has 2 aliphatic rings. The van der Waals surface area contributed by atoms with Gasteiger partial charge in [0.15, 0.2) is 11.8 Å². The van der Waals surface area contributed by atoms with Crippen molar-refractivity contribution in [1.82, 2.24) is 30.4 Å². The Balaban J connectivity index is 1.29. The molecule has 2 N–H and O–H groups in total. The zero-order chi connectivity index (χ0) is 30.6. The largest absolute Gasteiger partial charge is 0.448 e. The Kier molecular flexibility index (Phi) is 8.77. The molecule has 0 radical (unpaired) electrons. The van der Waals surface area contributed by atoms with E-state index in [-0.39, 0.29) is 11.4 Å². The van der Waals surface area contributed by atoms with Crippen molar-refractivity contribution in [2.45, 2.75) is 22.7 Å². The zero-order valence-electron chi connectivity index (χ0n) is 23.1. The molecule has 2 amide bonds. The van der Waals surface area contributed by atoms with E-state index < -0.39 is 35.3 Å². The van der Waals surface area contributed by atoms with E-state index in [9.17, 15) is 19.6 Å². The summed E-state index contributed by atoms with van der Waals surface area (Å²) >= 11 is 3.99. The van der Waals surface area contributed by atoms with Crippen LogP contribution in [0.2, 0.25) is 0 Å². The number of aryl methyl sites for hydroxylation is 1. The molecule has 6 rings (SSSR count). The second-order valence-corrected chi connectivity index (χ2v) is 12.7. The molecule has 4 aromatic rings. The first kappa shape index (κ1) is 29.6. The Hall–Kier alpha value is -4.47. The number of tetrazole rings is 1. The fourth-order valence-electron chi connectivity index (χ4n) is 4.85. The van der Waals surface area contributed by atoms with Crippen LogP contribution in [0.5, 0.6) is 0 Å². The third kappa shape index (κ3) is 5.85. The molecule has 2 aromatic carbocycles. The number of hydrogen-bond donors (Lipinski definition) is 2. The van der Waals surface area contributed by atoms with Crippen LogP contribution in [-0.4, -0.2) is 76.7 Å². The van der Waals surface area contributed by atoms with Gasteiger partial charge < -0.3 is 15.3 Å². The number of nitrogens with one attached hydrogen (secondary N) is 1. The van der Waals surface area contributed by atoms with Crippen molar-refractivity contribution in [2.24, 2.45) is 12.2 Å². The van der Waals surface area contributed by atoms with Crippen molar-refractivity contribution in [3.05, 3.63) is 105 Å². The molecule has 44 heavy (non-hydrogen) atoms. The van der Waals surface area contributed by atoms with Gasteiger partial charge in [0.2, 0.25) is 5.16 Å². The van der Waals surface area contributed by atoms with Gasteiger partial charge in [-0.05, 0) is 38.6 Å². The van der Waals surface area contributed by atoms with Crippen molar-refractivity contribution in [2.75, 3.05) is 11.5 Å². The number of benzene rings is 2. The number of thioether (sulfide) groups is 2. The second kappa shape index (κ2) is 13.0. The van der Waals surface area contributed by atoms with Crippen LogP contribution < -0.4 is 5.32 Å². The van der Waals surface area contributed by atoms with Gasteiger partial charge in [-0.2, -0.15) is 0 Å². The van der Waals surface area contributed by atoms with Crippen molar-refractivity contribution in [3.63, 3.8) is 0 Å². The standard InChI is InChI=1S/C29H25N7O5S3/c1-35-29(31-33-34-35)44-16-19-15-43-27-22(30-25(37)21(32-40)20-13-8-14-42-20)26(38)36(27)23(19)28(39)41-24(17-9-4-2-5-10-17)18-11-6-3-7-12-18/h2-14,22,24,27,40H,15-16H2,1H3,(H,30,37)/b32-21+/t22-,27-/m1/s1. The van der Waals surface area contributed by atoms with Crippen LogP contribution in [0.15, 0.2) is 99.8 Å². The number of nitrogens with zero attached hydrogens (tertiary/aromatic N) is 6. The van der Waals surface area contributed by atoms with Crippen LogP contribution >= 0.6 is 34.9 Å². The number of esters is 1. The van der Waals surface area contributed by atoms with Crippen LogP contribution in [-0.2, 0) is 26.2 Å². The van der Waals surface area contributed by atoms with E-state index in [1.165, 1.54) is 44.4 Å². The van der Waals surface area contributed by atoms with Crippen molar-refractivity contribution >= 4 is 58.4 Å². The third-order valence-electron chi connectivity index (χ3n) is 6.98. The number of hydrogen-bond acceptors (Lipinski definition) is 12. The summed E-state index contributed by atoms with van der Waals surface area (Å²) in [6, 6.07) is 21.2. The molecular weight excluding hydrogens is 623 g/mol. The Morgan fingerprint density at radius 2 is 1.82 bits per heavy atom. The monoisotopic (exact) mass is 647 g/mol. The first-order chi connectivity index (χ1) is 21.5. The number of fused-ring (bicyclic) bond motifs is 1. The summed E-state index contributed by atoms with van der Waals surface area (Å²) < 4.78 is 7.71. The van der Waals surface area contributed by atoms with Crippen molar-refractivity contribution in [1.29, 1.82) is 0 Å². The van der Waals surface area contributed by atoms with E-state index in [1.807, 2.05) is 60.7 Å². The molecule has 15 heteroatoms. The molecule has 2 aliphatic heterocycles. The van der Waals surface area contributed by atoms with E-state index in [0.29, 0.717) is 27.1 Å². The minimum absolute atomic E-state index is 0.137. The SMILES string of the molecule is Cn1nnnc1SCC1=C(C(=O)OC(c2ccccc2)c2ccccc2)N2C(=O)[C@@H](NC(=O)/C(=N/O)c3cccs3)[C@H]2SC1. The molecule has 0 spiro atoms. The van der Waals surface area contributed by atoms with Crippen LogP contribution in [0.3, 0.4) is 0 Å². The second-order valence-electron chi connectivity index (χ2n) is 9.72. The molecule has 0 saturated carbocycles. The number of oxime groups is 1. The Bertz CT molecular complexity index is 1690. The average Bonchev–Trinajstić information content (AvgIpc) is 3.74. The molecule has 4 heterocycles. The highest BCUT2D eigenvalue weighted by Crippen LogP contribution is 2.42. The number of amides is 2. The summed E-state index contributed by atoms with van der Waals surface area (Å²) in [6.45, 7) is 0. The van der Waals surface area contributed by atoms with E-state index in [1.54, 1.807) is 24.6 Å². The number of carbonyl (C=O) groups excluding carboxylic acids is 3. The number of rotatable bonds is 10. The molecular formula is C29H25N7O5S3. The molecule has 12 nitrogen and oxygen atoms in total. The van der Waals surface area contributed by atoms with Crippen molar-refractivity contribution in [3.8, 4) is 0 Å². The average molecular weight is 648 g/mol. The van der Waals surface area contributed by atoms with Crippen LogP contribution in [0.4, 0.5) is 0 Å². The number of carbonyl (C=O) groups is 3. The summed E-state index contributed by atoms with van der Waals surface area (Å²) in [5.41, 5.74) is 2.18. The molecule has 2 atom stereocenters. The lowest BCUT2D eigenvalue weighted by Gasteiger charge is -2.49. The first-order valence-corrected chi connectivity index (χ1v) is 16.3. The summed E-state index contributed by atoms with van der Waals surface area (Å²) in [7, 11) is 1.72. The van der Waals surface area contributed by atoms with Gasteiger partial charge >= 0.3 is 5.97 Å². The van der Waals surface area contributed by atoms with E-state index in [2.05, 4.69) is 26.0 Å². The van der Waals surface area contributed by atoms with Gasteiger partial charge in [-0.1, -0.05) is 83.6 Å². The Morgan fingerprint density at radius 1 is 1.11 bits per heavy atom. The van der Waals surface area contributed by atoms with Gasteiger partial charge in [-0.25, -0.2) is 9.48 Å². The fraction of sp³-hybridized carbons (Fsp3) is 0.207. The summed E-state index contributed by atoms with van der Waals surface area (Å²) in [5.74, 6) is -1.08. The predicted octanol–water partition coefficient (Wildman–Crippen LogP) is 3.23. The first-order valence-electron chi connectivity index (χ1n) is 13.4. The summed E-state index contributed by atoms with van der Waals surface area (Å²) in [5, 5.41) is 28.6. The molecule has 0 unspecified atom stereocenters. The highest BCUT2D eigenvalue weighted by Gasteiger charge is 2.55. The minimum Gasteiger partial charge on any atom is -0.448 e. The molecule has 0 bridgehead atoms. The topological polar surface area (TPSA) is 152 Å². The van der Waals surface area contributed by atoms with E-state index in [0.717, 1.165) is 11.1 Å². The lowest BCUT2D eigenvalue weighted by atomic mass is 10.0. The highest BCUT2D eigenvalue weighted by molar-refractivity contribution is 8.01. The van der Waals surface area contributed by atoms with Crippen molar-refractivity contribution < 1.29 is 24.3 Å². The third-order valence-corrected chi connectivity index (χ3v) is 10.3. The van der Waals surface area contributed by atoms with Gasteiger partial charge in [0.05, 0.1) is 4.88 Å². The quantitative estimate of drug-likeness (QED) is 0.0656. The Morgan fingerprint density at radius 3 is 2.41 bits per heavy atom. The number of thiophene rings is 1. The molecule has 1 saturated heterocycles. The van der Waals surface area contributed by atoms with Crippen LogP contribution in [0.25, 0.3) is 0 Å². The Labute approximate surface area is 264 Å². The van der Waals surface area contributed by atoms with Gasteiger partial charge in [0, 0.05) is 18.6 Å². The molecule has 1 fully saturated rings. The van der Waals surface area contributed by atoms with Gasteiger partial charge in [-0.3, -0.25) is 14.5 Å².